The average Bonchev–Trinajstić information content (AvgIpc) is 2.65. The highest BCUT2D eigenvalue weighted by Gasteiger charge is 2.12. The first-order valence-corrected chi connectivity index (χ1v) is 6.59. The van der Waals surface area contributed by atoms with Crippen LogP contribution in [0.4, 0.5) is 0 Å². The summed E-state index contributed by atoms with van der Waals surface area (Å²) in [5.41, 5.74) is 3.21. The van der Waals surface area contributed by atoms with E-state index in [0.717, 1.165) is 20.3 Å². The number of nitrogens with one attached hydrogen (secondary N) is 1. The summed E-state index contributed by atoms with van der Waals surface area (Å²) >= 11 is 8.30. The fourth-order valence-corrected chi connectivity index (χ4v) is 2.92. The maximum atomic E-state index is 6.01. The predicted molar refractivity (Wildman–Crippen MR) is 79.3 cm³/mol. The number of aromatic amines is 1. The SMILES string of the molecule is Clc1cnc2[nH]c(I)c(-c3ccccc3)c2c1. The van der Waals surface area contributed by atoms with E-state index in [4.69, 9.17) is 11.6 Å². The molecule has 17 heavy (non-hydrogen) atoms. The molecule has 0 aliphatic carbocycles. The molecule has 0 saturated carbocycles. The van der Waals surface area contributed by atoms with Crippen molar-refractivity contribution >= 4 is 45.2 Å². The number of H-pyrrole nitrogens is 1. The van der Waals surface area contributed by atoms with Crippen LogP contribution in [0.3, 0.4) is 0 Å². The van der Waals surface area contributed by atoms with Gasteiger partial charge in [-0.3, -0.25) is 0 Å². The lowest BCUT2D eigenvalue weighted by molar-refractivity contribution is 1.30. The summed E-state index contributed by atoms with van der Waals surface area (Å²) in [6.45, 7) is 0. The van der Waals surface area contributed by atoms with Gasteiger partial charge in [-0.05, 0) is 34.2 Å². The van der Waals surface area contributed by atoms with Crippen LogP contribution in [-0.2, 0) is 0 Å². The Kier molecular flexibility index (Phi) is 2.80. The van der Waals surface area contributed by atoms with Crippen LogP contribution in [0.5, 0.6) is 0 Å². The molecule has 3 aromatic rings. The Morgan fingerprint density at radius 3 is 2.71 bits per heavy atom. The number of aromatic nitrogens is 2. The third kappa shape index (κ3) is 1.93. The summed E-state index contributed by atoms with van der Waals surface area (Å²) in [6.07, 6.45) is 1.66. The van der Waals surface area contributed by atoms with E-state index in [2.05, 4.69) is 44.7 Å². The molecule has 0 aliphatic heterocycles. The van der Waals surface area contributed by atoms with E-state index in [0.29, 0.717) is 5.02 Å². The van der Waals surface area contributed by atoms with Crippen LogP contribution in [-0.4, -0.2) is 9.97 Å². The van der Waals surface area contributed by atoms with E-state index in [9.17, 15) is 0 Å². The summed E-state index contributed by atoms with van der Waals surface area (Å²) in [5.74, 6) is 0. The van der Waals surface area contributed by atoms with Gasteiger partial charge < -0.3 is 4.98 Å². The lowest BCUT2D eigenvalue weighted by Crippen LogP contribution is -1.78. The van der Waals surface area contributed by atoms with Gasteiger partial charge in [0.05, 0.1) is 8.72 Å². The lowest BCUT2D eigenvalue weighted by atomic mass is 10.1. The number of pyridine rings is 1. The first kappa shape index (κ1) is 11.0. The fraction of sp³-hybridized carbons (Fsp3) is 0. The molecule has 2 nitrogen and oxygen atoms in total. The van der Waals surface area contributed by atoms with Crippen molar-refractivity contribution in [2.24, 2.45) is 0 Å². The second-order valence-corrected chi connectivity index (χ2v) is 5.24. The highest BCUT2D eigenvalue weighted by atomic mass is 127. The van der Waals surface area contributed by atoms with Crippen LogP contribution in [0, 0.1) is 3.70 Å². The van der Waals surface area contributed by atoms with E-state index in [1.54, 1.807) is 6.20 Å². The number of halogens is 2. The first-order chi connectivity index (χ1) is 8.25. The maximum absolute atomic E-state index is 6.01. The molecule has 4 heteroatoms. The third-order valence-electron chi connectivity index (χ3n) is 2.63. The number of nitrogens with zero attached hydrogens (tertiary/aromatic N) is 1. The van der Waals surface area contributed by atoms with Crippen LogP contribution in [0.25, 0.3) is 22.2 Å². The minimum atomic E-state index is 0.657. The van der Waals surface area contributed by atoms with Gasteiger partial charge in [-0.2, -0.15) is 0 Å². The Balaban J connectivity index is 2.35. The molecule has 0 unspecified atom stereocenters. The van der Waals surface area contributed by atoms with Crippen LogP contribution in [0.1, 0.15) is 0 Å². The Morgan fingerprint density at radius 2 is 1.94 bits per heavy atom. The largest absolute Gasteiger partial charge is 0.334 e. The van der Waals surface area contributed by atoms with E-state index in [-0.39, 0.29) is 0 Å². The average molecular weight is 355 g/mol. The molecule has 2 aromatic heterocycles. The van der Waals surface area contributed by atoms with E-state index >= 15 is 0 Å². The highest BCUT2D eigenvalue weighted by Crippen LogP contribution is 2.33. The van der Waals surface area contributed by atoms with Crippen molar-refractivity contribution in [2.45, 2.75) is 0 Å². The lowest BCUT2D eigenvalue weighted by Gasteiger charge is -2.00. The minimum Gasteiger partial charge on any atom is -0.334 e. The van der Waals surface area contributed by atoms with Crippen LogP contribution < -0.4 is 0 Å². The molecule has 3 rings (SSSR count). The summed E-state index contributed by atoms with van der Waals surface area (Å²) in [5, 5.41) is 1.72. The summed E-state index contributed by atoms with van der Waals surface area (Å²) in [4.78, 5) is 7.57. The smallest absolute Gasteiger partial charge is 0.138 e. The van der Waals surface area contributed by atoms with Crippen molar-refractivity contribution in [2.75, 3.05) is 0 Å². The predicted octanol–water partition coefficient (Wildman–Crippen LogP) is 4.49. The molecule has 0 radical (unpaired) electrons. The molecular weight excluding hydrogens is 347 g/mol. The second kappa shape index (κ2) is 4.31. The molecule has 1 N–H and O–H groups in total. The Bertz CT molecular complexity index is 676. The standard InChI is InChI=1S/C13H8ClIN2/c14-9-6-10-11(8-4-2-1-3-5-8)12(15)17-13(10)16-7-9/h1-7H,(H,16,17). The van der Waals surface area contributed by atoms with Gasteiger partial charge in [0.2, 0.25) is 0 Å². The van der Waals surface area contributed by atoms with Gasteiger partial charge in [-0.15, -0.1) is 0 Å². The first-order valence-electron chi connectivity index (χ1n) is 5.14. The van der Waals surface area contributed by atoms with Crippen LogP contribution >= 0.6 is 34.2 Å². The molecule has 0 atom stereocenters. The van der Waals surface area contributed by atoms with E-state index in [1.807, 2.05) is 24.3 Å². The van der Waals surface area contributed by atoms with Gasteiger partial charge in [0, 0.05) is 17.1 Å². The Labute approximate surface area is 117 Å². The number of benzene rings is 1. The zero-order valence-electron chi connectivity index (χ0n) is 8.74. The normalized spacial score (nSPS) is 10.9. The summed E-state index contributed by atoms with van der Waals surface area (Å²) in [7, 11) is 0. The number of fused-ring (bicyclic) bond motifs is 1. The van der Waals surface area contributed by atoms with Crippen molar-refractivity contribution in [3.05, 3.63) is 51.3 Å². The third-order valence-corrected chi connectivity index (χ3v) is 3.65. The van der Waals surface area contributed by atoms with Gasteiger partial charge in [0.1, 0.15) is 5.65 Å². The molecule has 0 spiro atoms. The van der Waals surface area contributed by atoms with Crippen molar-refractivity contribution in [3.8, 4) is 11.1 Å². The van der Waals surface area contributed by atoms with Crippen LogP contribution in [0.2, 0.25) is 5.02 Å². The molecule has 0 fully saturated rings. The van der Waals surface area contributed by atoms with Crippen molar-refractivity contribution in [1.29, 1.82) is 0 Å². The summed E-state index contributed by atoms with van der Waals surface area (Å²) < 4.78 is 1.08. The molecule has 0 aliphatic rings. The van der Waals surface area contributed by atoms with Gasteiger partial charge in [-0.1, -0.05) is 41.9 Å². The quantitative estimate of drug-likeness (QED) is 0.641. The second-order valence-electron chi connectivity index (χ2n) is 3.73. The zero-order chi connectivity index (χ0) is 11.8. The Hall–Kier alpha value is -1.07. The molecule has 0 saturated heterocycles. The fourth-order valence-electron chi connectivity index (χ4n) is 1.90. The number of hydrogen-bond donors (Lipinski definition) is 1. The zero-order valence-corrected chi connectivity index (χ0v) is 11.7. The van der Waals surface area contributed by atoms with Crippen molar-refractivity contribution < 1.29 is 0 Å². The monoisotopic (exact) mass is 354 g/mol. The van der Waals surface area contributed by atoms with Crippen LogP contribution in [0.15, 0.2) is 42.6 Å². The highest BCUT2D eigenvalue weighted by molar-refractivity contribution is 14.1. The molecule has 2 heterocycles. The summed E-state index contributed by atoms with van der Waals surface area (Å²) in [6, 6.07) is 12.2. The molecule has 84 valence electrons. The molecule has 0 amide bonds. The van der Waals surface area contributed by atoms with Crippen molar-refractivity contribution in [3.63, 3.8) is 0 Å². The van der Waals surface area contributed by atoms with Gasteiger partial charge in [0.25, 0.3) is 0 Å². The van der Waals surface area contributed by atoms with Gasteiger partial charge >= 0.3 is 0 Å². The number of hydrogen-bond acceptors (Lipinski definition) is 1. The molecule has 0 bridgehead atoms. The van der Waals surface area contributed by atoms with E-state index < -0.39 is 0 Å². The van der Waals surface area contributed by atoms with E-state index in [1.165, 1.54) is 5.56 Å². The minimum absolute atomic E-state index is 0.657. The van der Waals surface area contributed by atoms with Gasteiger partial charge in [0.15, 0.2) is 0 Å². The Morgan fingerprint density at radius 1 is 1.18 bits per heavy atom. The molecule has 1 aromatic carbocycles. The van der Waals surface area contributed by atoms with Crippen molar-refractivity contribution in [1.82, 2.24) is 9.97 Å². The van der Waals surface area contributed by atoms with Gasteiger partial charge in [-0.25, -0.2) is 4.98 Å². The topological polar surface area (TPSA) is 28.7 Å². The molecular formula is C13H8ClIN2. The number of rotatable bonds is 1. The maximum Gasteiger partial charge on any atom is 0.138 e.